The minimum absolute atomic E-state index is 0.0204. The summed E-state index contributed by atoms with van der Waals surface area (Å²) >= 11 is 5.84. The van der Waals surface area contributed by atoms with E-state index < -0.39 is 0 Å². The molecule has 100 valence electrons. The van der Waals surface area contributed by atoms with Gasteiger partial charge in [-0.15, -0.1) is 0 Å². The van der Waals surface area contributed by atoms with Gasteiger partial charge >= 0.3 is 0 Å². The first kappa shape index (κ1) is 13.4. The zero-order valence-electron chi connectivity index (χ0n) is 10.6. The smallest absolute Gasteiger partial charge is 0.152 e. The molecule has 1 aromatic heterocycles. The lowest BCUT2D eigenvalue weighted by Crippen LogP contribution is -2.54. The molecule has 18 heavy (non-hydrogen) atoms. The van der Waals surface area contributed by atoms with E-state index in [0.29, 0.717) is 29.6 Å². The maximum absolute atomic E-state index is 9.28. The number of halogens is 1. The fraction of sp³-hybridized carbons (Fsp3) is 0.583. The van der Waals surface area contributed by atoms with Gasteiger partial charge in [0.05, 0.1) is 29.0 Å². The van der Waals surface area contributed by atoms with Gasteiger partial charge in [0.2, 0.25) is 0 Å². The molecule has 0 radical (unpaired) electrons. The van der Waals surface area contributed by atoms with Crippen LogP contribution in [0.1, 0.15) is 13.8 Å². The first-order valence-electron chi connectivity index (χ1n) is 5.86. The molecule has 1 aliphatic rings. The first-order valence-corrected chi connectivity index (χ1v) is 6.24. The van der Waals surface area contributed by atoms with Crippen LogP contribution in [0, 0.1) is 0 Å². The largest absolute Gasteiger partial charge is 0.396 e. The van der Waals surface area contributed by atoms with Crippen molar-refractivity contribution in [3.63, 3.8) is 0 Å². The summed E-state index contributed by atoms with van der Waals surface area (Å²) in [5.41, 5.74) is 6.13. The lowest BCUT2D eigenvalue weighted by Gasteiger charge is -2.43. The summed E-state index contributed by atoms with van der Waals surface area (Å²) in [6.45, 7) is 5.18. The highest BCUT2D eigenvalue weighted by atomic mass is 35.5. The van der Waals surface area contributed by atoms with E-state index in [0.717, 1.165) is 0 Å². The maximum atomic E-state index is 9.28. The molecule has 5 nitrogen and oxygen atoms in total. The van der Waals surface area contributed by atoms with Gasteiger partial charge in [0.1, 0.15) is 0 Å². The minimum Gasteiger partial charge on any atom is -0.396 e. The number of ether oxygens (including phenoxy) is 1. The molecule has 0 amide bonds. The number of anilines is 2. The SMILES string of the molecule is CC1(C)CN(c2ncc(Cl)cc2N)CC(CO)O1. The van der Waals surface area contributed by atoms with Crippen LogP contribution < -0.4 is 10.6 Å². The summed E-state index contributed by atoms with van der Waals surface area (Å²) in [7, 11) is 0. The summed E-state index contributed by atoms with van der Waals surface area (Å²) in [6.07, 6.45) is 1.34. The van der Waals surface area contributed by atoms with Crippen LogP contribution in [0.4, 0.5) is 11.5 Å². The van der Waals surface area contributed by atoms with Crippen LogP contribution in [0.3, 0.4) is 0 Å². The number of nitrogen functional groups attached to an aromatic ring is 1. The predicted octanol–water partition coefficient (Wildman–Crippen LogP) is 1.29. The number of aliphatic hydroxyl groups excluding tert-OH is 1. The number of nitrogens with zero attached hydrogens (tertiary/aromatic N) is 2. The van der Waals surface area contributed by atoms with E-state index in [-0.39, 0.29) is 18.3 Å². The third kappa shape index (κ3) is 2.85. The number of hydrogen-bond acceptors (Lipinski definition) is 5. The van der Waals surface area contributed by atoms with Crippen molar-refractivity contribution in [3.05, 3.63) is 17.3 Å². The standard InChI is InChI=1S/C12H18ClN3O2/c1-12(2)7-16(5-9(6-17)18-12)11-10(14)3-8(13)4-15-11/h3-4,9,17H,5-7,14H2,1-2H3. The zero-order chi connectivity index (χ0) is 13.3. The number of aliphatic hydroxyl groups is 1. The Hall–Kier alpha value is -1.04. The van der Waals surface area contributed by atoms with E-state index in [1.165, 1.54) is 0 Å². The van der Waals surface area contributed by atoms with Crippen molar-refractivity contribution in [2.75, 3.05) is 30.3 Å². The number of nitrogens with two attached hydrogens (primary N) is 1. The Morgan fingerprint density at radius 3 is 3.00 bits per heavy atom. The quantitative estimate of drug-likeness (QED) is 0.848. The molecule has 1 aromatic rings. The van der Waals surface area contributed by atoms with E-state index in [9.17, 15) is 5.11 Å². The van der Waals surface area contributed by atoms with Crippen molar-refractivity contribution in [1.82, 2.24) is 4.98 Å². The van der Waals surface area contributed by atoms with Crippen LogP contribution in [-0.2, 0) is 4.74 Å². The molecule has 0 aliphatic carbocycles. The van der Waals surface area contributed by atoms with Crippen LogP contribution >= 0.6 is 11.6 Å². The van der Waals surface area contributed by atoms with Gasteiger partial charge in [-0.2, -0.15) is 0 Å². The van der Waals surface area contributed by atoms with Crippen LogP contribution in [0.15, 0.2) is 12.3 Å². The molecule has 1 aliphatic heterocycles. The molecule has 0 spiro atoms. The van der Waals surface area contributed by atoms with Gasteiger partial charge in [0.25, 0.3) is 0 Å². The number of hydrogen-bond donors (Lipinski definition) is 2. The molecule has 6 heteroatoms. The van der Waals surface area contributed by atoms with Gasteiger partial charge in [-0.25, -0.2) is 4.98 Å². The Morgan fingerprint density at radius 1 is 1.67 bits per heavy atom. The van der Waals surface area contributed by atoms with E-state index in [4.69, 9.17) is 22.1 Å². The summed E-state index contributed by atoms with van der Waals surface area (Å²) in [5.74, 6) is 0.689. The molecule has 2 heterocycles. The molecule has 1 fully saturated rings. The summed E-state index contributed by atoms with van der Waals surface area (Å²) < 4.78 is 5.75. The van der Waals surface area contributed by atoms with E-state index >= 15 is 0 Å². The lowest BCUT2D eigenvalue weighted by atomic mass is 10.1. The van der Waals surface area contributed by atoms with E-state index in [1.807, 2.05) is 18.7 Å². The molecular weight excluding hydrogens is 254 g/mol. The van der Waals surface area contributed by atoms with Crippen LogP contribution in [0.2, 0.25) is 5.02 Å². The monoisotopic (exact) mass is 271 g/mol. The molecule has 0 saturated carbocycles. The lowest BCUT2D eigenvalue weighted by molar-refractivity contribution is -0.101. The topological polar surface area (TPSA) is 71.6 Å². The Balaban J connectivity index is 2.26. The molecule has 1 unspecified atom stereocenters. The summed E-state index contributed by atoms with van der Waals surface area (Å²) in [5, 5.41) is 9.79. The summed E-state index contributed by atoms with van der Waals surface area (Å²) in [4.78, 5) is 6.29. The molecule has 0 bridgehead atoms. The minimum atomic E-state index is -0.348. The molecular formula is C12H18ClN3O2. The van der Waals surface area contributed by atoms with Crippen molar-refractivity contribution >= 4 is 23.1 Å². The van der Waals surface area contributed by atoms with Crippen LogP contribution in [-0.4, -0.2) is 41.5 Å². The fourth-order valence-electron chi connectivity index (χ4n) is 2.26. The highest BCUT2D eigenvalue weighted by Gasteiger charge is 2.34. The van der Waals surface area contributed by atoms with Crippen molar-refractivity contribution in [3.8, 4) is 0 Å². The van der Waals surface area contributed by atoms with Crippen molar-refractivity contribution < 1.29 is 9.84 Å². The number of aromatic nitrogens is 1. The van der Waals surface area contributed by atoms with Gasteiger partial charge in [0, 0.05) is 19.3 Å². The highest BCUT2D eigenvalue weighted by Crippen LogP contribution is 2.29. The van der Waals surface area contributed by atoms with Gasteiger partial charge in [-0.05, 0) is 19.9 Å². The number of rotatable bonds is 2. The zero-order valence-corrected chi connectivity index (χ0v) is 11.3. The second kappa shape index (κ2) is 4.91. The average molecular weight is 272 g/mol. The van der Waals surface area contributed by atoms with Crippen LogP contribution in [0.5, 0.6) is 0 Å². The maximum Gasteiger partial charge on any atom is 0.152 e. The second-order valence-corrected chi connectivity index (χ2v) is 5.57. The van der Waals surface area contributed by atoms with Gasteiger partial charge in [-0.1, -0.05) is 11.6 Å². The fourth-order valence-corrected chi connectivity index (χ4v) is 2.43. The number of pyridine rings is 1. The molecule has 3 N–H and O–H groups in total. The molecule has 2 rings (SSSR count). The van der Waals surface area contributed by atoms with Gasteiger partial charge in [0.15, 0.2) is 5.82 Å². The number of morpholine rings is 1. The van der Waals surface area contributed by atoms with Gasteiger partial charge in [-0.3, -0.25) is 0 Å². The van der Waals surface area contributed by atoms with Crippen molar-refractivity contribution in [1.29, 1.82) is 0 Å². The van der Waals surface area contributed by atoms with Crippen molar-refractivity contribution in [2.45, 2.75) is 25.6 Å². The average Bonchev–Trinajstić information content (AvgIpc) is 2.26. The predicted molar refractivity (Wildman–Crippen MR) is 71.9 cm³/mol. The molecule has 1 atom stereocenters. The van der Waals surface area contributed by atoms with E-state index in [2.05, 4.69) is 4.98 Å². The third-order valence-corrected chi connectivity index (χ3v) is 3.05. The van der Waals surface area contributed by atoms with E-state index in [1.54, 1.807) is 12.3 Å². The second-order valence-electron chi connectivity index (χ2n) is 5.13. The third-order valence-electron chi connectivity index (χ3n) is 2.85. The Morgan fingerprint density at radius 2 is 2.39 bits per heavy atom. The Bertz CT molecular complexity index is 439. The van der Waals surface area contributed by atoms with Crippen molar-refractivity contribution in [2.24, 2.45) is 0 Å². The Labute approximate surface area is 112 Å². The Kier molecular flexibility index (Phi) is 3.66. The molecule has 0 aromatic carbocycles. The normalized spacial score (nSPS) is 23.1. The van der Waals surface area contributed by atoms with Gasteiger partial charge < -0.3 is 20.5 Å². The van der Waals surface area contributed by atoms with Crippen LogP contribution in [0.25, 0.3) is 0 Å². The molecule has 1 saturated heterocycles. The first-order chi connectivity index (χ1) is 8.41. The summed E-state index contributed by atoms with van der Waals surface area (Å²) in [6, 6.07) is 1.68. The highest BCUT2D eigenvalue weighted by molar-refractivity contribution is 6.30.